The second-order valence-electron chi connectivity index (χ2n) is 3.98. The molecule has 7 heteroatoms. The van der Waals surface area contributed by atoms with E-state index < -0.39 is 0 Å². The molecule has 0 atom stereocenters. The summed E-state index contributed by atoms with van der Waals surface area (Å²) in [5.74, 6) is 0.948. The molecule has 0 aromatic carbocycles. The molecule has 0 amide bonds. The van der Waals surface area contributed by atoms with Gasteiger partial charge in [-0.15, -0.1) is 0 Å². The quantitative estimate of drug-likeness (QED) is 0.502. The summed E-state index contributed by atoms with van der Waals surface area (Å²) < 4.78 is 10.7. The third kappa shape index (κ3) is 4.25. The van der Waals surface area contributed by atoms with E-state index in [4.69, 9.17) is 26.8 Å². The Balaban J connectivity index is 1.75. The molecule has 19 heavy (non-hydrogen) atoms. The Bertz CT molecular complexity index is 435. The third-order valence-electron chi connectivity index (χ3n) is 2.66. The highest BCUT2D eigenvalue weighted by Gasteiger charge is 2.11. The molecule has 1 aromatic rings. The molecular weight excluding hydrogens is 268 g/mol. The van der Waals surface area contributed by atoms with Crippen molar-refractivity contribution < 1.29 is 9.47 Å². The summed E-state index contributed by atoms with van der Waals surface area (Å²) in [5.41, 5.74) is 5.88. The van der Waals surface area contributed by atoms with Crippen molar-refractivity contribution in [3.8, 4) is 5.88 Å². The van der Waals surface area contributed by atoms with Crippen molar-refractivity contribution in [1.29, 1.82) is 0 Å². The average molecular weight is 285 g/mol. The Morgan fingerprint density at radius 1 is 1.53 bits per heavy atom. The minimum absolute atomic E-state index is 0.391. The van der Waals surface area contributed by atoms with Gasteiger partial charge in [0.05, 0.1) is 19.8 Å². The van der Waals surface area contributed by atoms with E-state index in [1.807, 2.05) is 4.90 Å². The molecule has 0 aliphatic carbocycles. The van der Waals surface area contributed by atoms with Crippen LogP contribution in [-0.4, -0.2) is 55.3 Å². The van der Waals surface area contributed by atoms with Crippen LogP contribution in [-0.2, 0) is 4.74 Å². The van der Waals surface area contributed by atoms with Gasteiger partial charge in [0, 0.05) is 19.3 Å². The predicted molar refractivity (Wildman–Crippen MR) is 73.6 cm³/mol. The lowest BCUT2D eigenvalue weighted by atomic mass is 10.4. The largest absolute Gasteiger partial charge is 0.475 e. The first-order valence-corrected chi connectivity index (χ1v) is 6.51. The SMILES string of the molecule is NC(=NCCOc1ncccc1Cl)N1CCOCC1. The van der Waals surface area contributed by atoms with Crippen LogP contribution in [0.15, 0.2) is 23.3 Å². The Kier molecular flexibility index (Phi) is 5.23. The van der Waals surface area contributed by atoms with E-state index in [1.54, 1.807) is 18.3 Å². The van der Waals surface area contributed by atoms with Gasteiger partial charge in [-0.2, -0.15) is 0 Å². The van der Waals surface area contributed by atoms with Crippen molar-refractivity contribution in [3.05, 3.63) is 23.4 Å². The number of ether oxygens (including phenoxy) is 2. The zero-order valence-electron chi connectivity index (χ0n) is 10.6. The Hall–Kier alpha value is -1.53. The smallest absolute Gasteiger partial charge is 0.232 e. The summed E-state index contributed by atoms with van der Waals surface area (Å²) >= 11 is 5.92. The fourth-order valence-electron chi connectivity index (χ4n) is 1.67. The lowest BCUT2D eigenvalue weighted by Crippen LogP contribution is -2.45. The molecule has 1 aliphatic heterocycles. The zero-order chi connectivity index (χ0) is 13.5. The van der Waals surface area contributed by atoms with Gasteiger partial charge in [0.1, 0.15) is 11.6 Å². The van der Waals surface area contributed by atoms with Crippen molar-refractivity contribution in [1.82, 2.24) is 9.88 Å². The summed E-state index contributed by atoms with van der Waals surface area (Å²) in [4.78, 5) is 10.3. The molecule has 6 nitrogen and oxygen atoms in total. The highest BCUT2D eigenvalue weighted by atomic mass is 35.5. The van der Waals surface area contributed by atoms with E-state index in [2.05, 4.69) is 9.98 Å². The molecule has 0 radical (unpaired) electrons. The van der Waals surface area contributed by atoms with Crippen LogP contribution in [0.5, 0.6) is 5.88 Å². The molecule has 0 spiro atoms. The van der Waals surface area contributed by atoms with E-state index in [0.717, 1.165) is 13.1 Å². The Labute approximate surface area is 117 Å². The van der Waals surface area contributed by atoms with Crippen molar-refractivity contribution in [2.75, 3.05) is 39.5 Å². The summed E-state index contributed by atoms with van der Waals surface area (Å²) in [6.45, 7) is 3.80. The van der Waals surface area contributed by atoms with Crippen LogP contribution in [0.1, 0.15) is 0 Å². The Morgan fingerprint density at radius 2 is 2.32 bits per heavy atom. The monoisotopic (exact) mass is 284 g/mol. The lowest BCUT2D eigenvalue weighted by molar-refractivity contribution is 0.0674. The van der Waals surface area contributed by atoms with Crippen molar-refractivity contribution in [2.45, 2.75) is 0 Å². The van der Waals surface area contributed by atoms with Crippen LogP contribution in [0.4, 0.5) is 0 Å². The maximum atomic E-state index is 5.92. The highest BCUT2D eigenvalue weighted by molar-refractivity contribution is 6.31. The number of aromatic nitrogens is 1. The van der Waals surface area contributed by atoms with Gasteiger partial charge in [0.15, 0.2) is 5.96 Å². The van der Waals surface area contributed by atoms with Gasteiger partial charge in [-0.1, -0.05) is 11.6 Å². The molecule has 0 saturated carbocycles. The molecule has 2 heterocycles. The van der Waals surface area contributed by atoms with Crippen LogP contribution in [0.2, 0.25) is 5.02 Å². The number of hydrogen-bond donors (Lipinski definition) is 1. The summed E-state index contributed by atoms with van der Waals surface area (Å²) in [7, 11) is 0. The van der Waals surface area contributed by atoms with E-state index in [9.17, 15) is 0 Å². The maximum absolute atomic E-state index is 5.92. The topological polar surface area (TPSA) is 73.0 Å². The molecule has 0 unspecified atom stereocenters. The fraction of sp³-hybridized carbons (Fsp3) is 0.500. The van der Waals surface area contributed by atoms with E-state index in [1.165, 1.54) is 0 Å². The van der Waals surface area contributed by atoms with Gasteiger partial charge >= 0.3 is 0 Å². The van der Waals surface area contributed by atoms with Gasteiger partial charge in [0.2, 0.25) is 5.88 Å². The molecule has 1 fully saturated rings. The van der Waals surface area contributed by atoms with Crippen molar-refractivity contribution in [3.63, 3.8) is 0 Å². The maximum Gasteiger partial charge on any atom is 0.232 e. The summed E-state index contributed by atoms with van der Waals surface area (Å²) in [5, 5.41) is 0.493. The van der Waals surface area contributed by atoms with E-state index >= 15 is 0 Å². The molecule has 1 aromatic heterocycles. The van der Waals surface area contributed by atoms with Crippen molar-refractivity contribution >= 4 is 17.6 Å². The standard InChI is InChI=1S/C12H17ClN4O2/c13-10-2-1-3-15-11(10)19-7-4-16-12(14)17-5-8-18-9-6-17/h1-3H,4-9H2,(H2,14,16). The second-order valence-corrected chi connectivity index (χ2v) is 4.39. The van der Waals surface area contributed by atoms with E-state index in [-0.39, 0.29) is 0 Å². The number of pyridine rings is 1. The number of guanidine groups is 1. The molecule has 104 valence electrons. The molecule has 1 saturated heterocycles. The number of nitrogens with zero attached hydrogens (tertiary/aromatic N) is 3. The molecular formula is C12H17ClN4O2. The summed E-state index contributed by atoms with van der Waals surface area (Å²) in [6.07, 6.45) is 1.63. The molecule has 1 aliphatic rings. The molecule has 2 rings (SSSR count). The van der Waals surface area contributed by atoms with Gasteiger partial charge < -0.3 is 20.1 Å². The van der Waals surface area contributed by atoms with Gasteiger partial charge in [-0.05, 0) is 12.1 Å². The van der Waals surface area contributed by atoms with Crippen LogP contribution in [0.3, 0.4) is 0 Å². The number of hydrogen-bond acceptors (Lipinski definition) is 4. The number of rotatable bonds is 4. The number of halogens is 1. The molecule has 0 bridgehead atoms. The van der Waals surface area contributed by atoms with E-state index in [0.29, 0.717) is 43.2 Å². The van der Waals surface area contributed by atoms with Crippen LogP contribution < -0.4 is 10.5 Å². The van der Waals surface area contributed by atoms with Crippen LogP contribution in [0, 0.1) is 0 Å². The second kappa shape index (κ2) is 7.16. The average Bonchev–Trinajstić information content (AvgIpc) is 2.46. The number of morpholine rings is 1. The lowest BCUT2D eigenvalue weighted by Gasteiger charge is -2.27. The highest BCUT2D eigenvalue weighted by Crippen LogP contribution is 2.19. The minimum atomic E-state index is 0.391. The zero-order valence-corrected chi connectivity index (χ0v) is 11.3. The fourth-order valence-corrected chi connectivity index (χ4v) is 1.85. The van der Waals surface area contributed by atoms with Crippen molar-refractivity contribution in [2.24, 2.45) is 10.7 Å². The first-order valence-electron chi connectivity index (χ1n) is 6.13. The van der Waals surface area contributed by atoms with Gasteiger partial charge in [0.25, 0.3) is 0 Å². The van der Waals surface area contributed by atoms with Crippen LogP contribution in [0.25, 0.3) is 0 Å². The number of aliphatic imine (C=N–C) groups is 1. The first-order chi connectivity index (χ1) is 9.27. The van der Waals surface area contributed by atoms with Gasteiger partial charge in [-0.25, -0.2) is 9.98 Å². The summed E-state index contributed by atoms with van der Waals surface area (Å²) in [6, 6.07) is 3.49. The number of nitrogens with two attached hydrogens (primary N) is 1. The minimum Gasteiger partial charge on any atom is -0.475 e. The van der Waals surface area contributed by atoms with Gasteiger partial charge in [-0.3, -0.25) is 0 Å². The van der Waals surface area contributed by atoms with Crippen LogP contribution >= 0.6 is 11.6 Å². The molecule has 2 N–H and O–H groups in total. The normalized spacial score (nSPS) is 16.5. The first kappa shape index (κ1) is 13.9. The Morgan fingerprint density at radius 3 is 3.05 bits per heavy atom. The predicted octanol–water partition coefficient (Wildman–Crippen LogP) is 0.761. The third-order valence-corrected chi connectivity index (χ3v) is 2.95.